The Kier molecular flexibility index (Phi) is 11.2. The normalized spacial score (nSPS) is 16.7. The van der Waals surface area contributed by atoms with Gasteiger partial charge in [0.05, 0.1) is 0 Å². The van der Waals surface area contributed by atoms with Gasteiger partial charge in [0.2, 0.25) is 0 Å². The lowest BCUT2D eigenvalue weighted by molar-refractivity contribution is 0.188. The predicted molar refractivity (Wildman–Crippen MR) is 113 cm³/mol. The monoisotopic (exact) mass is 447 g/mol. The zero-order valence-electron chi connectivity index (χ0n) is 15.2. The molecule has 0 bridgehead atoms. The van der Waals surface area contributed by atoms with E-state index in [4.69, 9.17) is 4.99 Å². The van der Waals surface area contributed by atoms with Gasteiger partial charge >= 0.3 is 0 Å². The molecule has 0 radical (unpaired) electrons. The molecular weight excluding hydrogens is 413 g/mol. The first-order valence-electron chi connectivity index (χ1n) is 9.17. The molecule has 2 N–H and O–H groups in total. The summed E-state index contributed by atoms with van der Waals surface area (Å²) in [7, 11) is 0. The maximum Gasteiger partial charge on any atom is 0.191 e. The lowest BCUT2D eigenvalue weighted by atomic mass is 9.97. The summed E-state index contributed by atoms with van der Waals surface area (Å²) < 4.78 is 2.18. The van der Waals surface area contributed by atoms with Crippen molar-refractivity contribution in [3.8, 4) is 0 Å². The number of halogens is 1. The van der Waals surface area contributed by atoms with E-state index in [2.05, 4.69) is 58.5 Å². The van der Waals surface area contributed by atoms with Gasteiger partial charge in [-0.15, -0.1) is 24.0 Å². The Bertz CT molecular complexity index is 438. The van der Waals surface area contributed by atoms with Gasteiger partial charge in [-0.2, -0.15) is 0 Å². The van der Waals surface area contributed by atoms with Crippen molar-refractivity contribution in [3.05, 3.63) is 24.5 Å². The van der Waals surface area contributed by atoms with Gasteiger partial charge in [0.25, 0.3) is 0 Å². The molecule has 138 valence electrons. The van der Waals surface area contributed by atoms with Crippen LogP contribution >= 0.6 is 24.0 Å². The molecule has 1 saturated heterocycles. The molecule has 5 nitrogen and oxygen atoms in total. The highest BCUT2D eigenvalue weighted by atomic mass is 127. The van der Waals surface area contributed by atoms with Crippen molar-refractivity contribution >= 4 is 29.9 Å². The summed E-state index contributed by atoms with van der Waals surface area (Å²) >= 11 is 0. The summed E-state index contributed by atoms with van der Waals surface area (Å²) in [6.07, 6.45) is 8.02. The predicted octanol–water partition coefficient (Wildman–Crippen LogP) is 2.78. The molecule has 0 atom stereocenters. The van der Waals surface area contributed by atoms with E-state index in [1.165, 1.54) is 38.9 Å². The molecule has 0 unspecified atom stereocenters. The van der Waals surface area contributed by atoms with Gasteiger partial charge in [-0.05, 0) is 63.9 Å². The van der Waals surface area contributed by atoms with Crippen LogP contribution in [0.25, 0.3) is 0 Å². The number of aliphatic imine (C=N–C) groups is 1. The largest absolute Gasteiger partial charge is 0.357 e. The number of nitrogens with zero attached hydrogens (tertiary/aromatic N) is 3. The first-order valence-corrected chi connectivity index (χ1v) is 9.17. The van der Waals surface area contributed by atoms with Crippen molar-refractivity contribution in [2.24, 2.45) is 10.9 Å². The molecule has 24 heavy (non-hydrogen) atoms. The summed E-state index contributed by atoms with van der Waals surface area (Å²) in [5.74, 6) is 1.69. The summed E-state index contributed by atoms with van der Waals surface area (Å²) in [6.45, 7) is 11.8. The minimum atomic E-state index is 0. The summed E-state index contributed by atoms with van der Waals surface area (Å²) in [5, 5.41) is 6.79. The Morgan fingerprint density at radius 3 is 2.42 bits per heavy atom. The molecule has 1 aliphatic rings. The Balaban J connectivity index is 0.00000288. The van der Waals surface area contributed by atoms with Gasteiger partial charge in [-0.3, -0.25) is 4.99 Å². The second kappa shape index (κ2) is 12.6. The van der Waals surface area contributed by atoms with Crippen LogP contribution in [-0.2, 0) is 6.54 Å². The highest BCUT2D eigenvalue weighted by molar-refractivity contribution is 14.0. The standard InChI is InChI=1S/C18H33N5.HI/c1-3-10-22-13-7-17(8-14-22)16-21-18(19-4-2)20-9-15-23-11-5-6-12-23;/h5-6,11-12,17H,3-4,7-10,13-16H2,1-2H3,(H2,19,20,21);1H. The van der Waals surface area contributed by atoms with Crippen LogP contribution in [-0.4, -0.2) is 54.7 Å². The quantitative estimate of drug-likeness (QED) is 0.366. The maximum absolute atomic E-state index is 4.79. The molecule has 0 aromatic carbocycles. The van der Waals surface area contributed by atoms with E-state index >= 15 is 0 Å². The van der Waals surface area contributed by atoms with Gasteiger partial charge in [-0.1, -0.05) is 6.92 Å². The zero-order chi connectivity index (χ0) is 16.3. The second-order valence-corrected chi connectivity index (χ2v) is 6.35. The summed E-state index contributed by atoms with van der Waals surface area (Å²) in [6, 6.07) is 4.12. The number of rotatable bonds is 8. The maximum atomic E-state index is 4.79. The molecule has 1 aliphatic heterocycles. The number of piperidine rings is 1. The van der Waals surface area contributed by atoms with Crippen molar-refractivity contribution in [1.29, 1.82) is 0 Å². The first kappa shape index (κ1) is 21.3. The number of likely N-dealkylation sites (tertiary alicyclic amines) is 1. The highest BCUT2D eigenvalue weighted by Gasteiger charge is 2.18. The average molecular weight is 447 g/mol. The molecule has 2 rings (SSSR count). The molecule has 0 spiro atoms. The molecule has 0 saturated carbocycles. The van der Waals surface area contributed by atoms with Crippen LogP contribution in [0.15, 0.2) is 29.5 Å². The van der Waals surface area contributed by atoms with Crippen LogP contribution in [0.4, 0.5) is 0 Å². The Labute approximate surface area is 164 Å². The van der Waals surface area contributed by atoms with Crippen LogP contribution in [0.3, 0.4) is 0 Å². The zero-order valence-corrected chi connectivity index (χ0v) is 17.5. The van der Waals surface area contributed by atoms with E-state index in [-0.39, 0.29) is 24.0 Å². The third kappa shape index (κ3) is 7.88. The van der Waals surface area contributed by atoms with Crippen molar-refractivity contribution in [2.45, 2.75) is 39.7 Å². The molecule has 0 amide bonds. The fourth-order valence-corrected chi connectivity index (χ4v) is 3.09. The molecular formula is C18H34IN5. The van der Waals surface area contributed by atoms with E-state index in [1.54, 1.807) is 0 Å². The van der Waals surface area contributed by atoms with E-state index in [0.29, 0.717) is 0 Å². The summed E-state index contributed by atoms with van der Waals surface area (Å²) in [5.41, 5.74) is 0. The fourth-order valence-electron chi connectivity index (χ4n) is 3.09. The van der Waals surface area contributed by atoms with Gasteiger partial charge < -0.3 is 20.1 Å². The average Bonchev–Trinajstić information content (AvgIpc) is 3.07. The van der Waals surface area contributed by atoms with Crippen LogP contribution in [0.5, 0.6) is 0 Å². The Hall–Kier alpha value is -0.760. The van der Waals surface area contributed by atoms with E-state index in [0.717, 1.165) is 38.1 Å². The lowest BCUT2D eigenvalue weighted by Gasteiger charge is -2.31. The summed E-state index contributed by atoms with van der Waals surface area (Å²) in [4.78, 5) is 7.38. The molecule has 1 aromatic heterocycles. The number of hydrogen-bond donors (Lipinski definition) is 2. The third-order valence-electron chi connectivity index (χ3n) is 4.43. The van der Waals surface area contributed by atoms with Gasteiger partial charge in [0.15, 0.2) is 5.96 Å². The second-order valence-electron chi connectivity index (χ2n) is 6.35. The lowest BCUT2D eigenvalue weighted by Crippen LogP contribution is -2.40. The highest BCUT2D eigenvalue weighted by Crippen LogP contribution is 2.17. The molecule has 1 aromatic rings. The van der Waals surface area contributed by atoms with Crippen LogP contribution in [0.2, 0.25) is 0 Å². The Morgan fingerprint density at radius 2 is 1.79 bits per heavy atom. The Morgan fingerprint density at radius 1 is 1.08 bits per heavy atom. The number of hydrogen-bond acceptors (Lipinski definition) is 2. The SMILES string of the molecule is CCCN1CCC(CN=C(NCC)NCCn2cccc2)CC1.I. The number of aromatic nitrogens is 1. The van der Waals surface area contributed by atoms with Crippen molar-refractivity contribution in [3.63, 3.8) is 0 Å². The number of guanidine groups is 1. The molecule has 1 fully saturated rings. The van der Waals surface area contributed by atoms with E-state index in [1.807, 2.05) is 0 Å². The minimum Gasteiger partial charge on any atom is -0.357 e. The van der Waals surface area contributed by atoms with Crippen molar-refractivity contribution in [2.75, 3.05) is 39.3 Å². The van der Waals surface area contributed by atoms with Crippen molar-refractivity contribution in [1.82, 2.24) is 20.1 Å². The van der Waals surface area contributed by atoms with E-state index in [9.17, 15) is 0 Å². The fraction of sp³-hybridized carbons (Fsp3) is 0.722. The van der Waals surface area contributed by atoms with Gasteiger partial charge in [0.1, 0.15) is 0 Å². The number of nitrogens with one attached hydrogen (secondary N) is 2. The topological polar surface area (TPSA) is 44.6 Å². The smallest absolute Gasteiger partial charge is 0.191 e. The molecule has 6 heteroatoms. The first-order chi connectivity index (χ1) is 11.3. The van der Waals surface area contributed by atoms with Crippen LogP contribution in [0.1, 0.15) is 33.1 Å². The van der Waals surface area contributed by atoms with Crippen LogP contribution < -0.4 is 10.6 Å². The van der Waals surface area contributed by atoms with Crippen LogP contribution in [0, 0.1) is 5.92 Å². The molecule has 2 heterocycles. The van der Waals surface area contributed by atoms with Crippen molar-refractivity contribution < 1.29 is 0 Å². The van der Waals surface area contributed by atoms with Gasteiger partial charge in [0, 0.05) is 38.6 Å². The molecule has 0 aliphatic carbocycles. The van der Waals surface area contributed by atoms with E-state index < -0.39 is 0 Å². The third-order valence-corrected chi connectivity index (χ3v) is 4.43. The minimum absolute atomic E-state index is 0. The van der Waals surface area contributed by atoms with Gasteiger partial charge in [-0.25, -0.2) is 0 Å².